The fourth-order valence-electron chi connectivity index (χ4n) is 1.13. The third kappa shape index (κ3) is 1.92. The lowest BCUT2D eigenvalue weighted by Crippen LogP contribution is -1.82. The Hall–Kier alpha value is -0.200. The number of rotatable bonds is 1. The average molecular weight is 337 g/mol. The minimum Gasteiger partial charge on any atom is -0.210 e. The van der Waals surface area contributed by atoms with Crippen LogP contribution in [0.3, 0.4) is 0 Å². The minimum atomic E-state index is 0.764. The number of benzene rings is 1. The smallest absolute Gasteiger partial charge is 0.203 e. The van der Waals surface area contributed by atoms with Crippen LogP contribution >= 0.6 is 45.7 Å². The summed E-state index contributed by atoms with van der Waals surface area (Å²) in [7, 11) is 0. The topological polar surface area (TPSA) is 25.8 Å². The molecule has 0 bridgehead atoms. The van der Waals surface area contributed by atoms with E-state index in [4.69, 9.17) is 11.6 Å². The highest BCUT2D eigenvalue weighted by Crippen LogP contribution is 2.31. The zero-order valence-electron chi connectivity index (χ0n) is 7.29. The van der Waals surface area contributed by atoms with Gasteiger partial charge in [-0.1, -0.05) is 29.8 Å². The van der Waals surface area contributed by atoms with Gasteiger partial charge in [0.15, 0.2) is 0 Å². The summed E-state index contributed by atoms with van der Waals surface area (Å²) < 4.78 is 4.89. The van der Waals surface area contributed by atoms with Crippen molar-refractivity contribution < 1.29 is 0 Å². The van der Waals surface area contributed by atoms with Crippen molar-refractivity contribution in [2.75, 3.05) is 0 Å². The first-order valence-corrected chi connectivity index (χ1v) is 6.16. The molecule has 2 rings (SSSR count). The van der Waals surface area contributed by atoms with Crippen molar-refractivity contribution in [3.8, 4) is 10.6 Å². The van der Waals surface area contributed by atoms with E-state index >= 15 is 0 Å². The standard InChI is InChI=1S/C9H6ClIN2S/c1-5-3-2-4-6(7(5)10)8-12-9(11)13-14-8/h2-4H,1H3. The van der Waals surface area contributed by atoms with Crippen LogP contribution in [0.25, 0.3) is 10.6 Å². The summed E-state index contributed by atoms with van der Waals surface area (Å²) in [4.78, 5) is 4.29. The van der Waals surface area contributed by atoms with Gasteiger partial charge in [-0.3, -0.25) is 0 Å². The van der Waals surface area contributed by atoms with Crippen LogP contribution in [0.4, 0.5) is 0 Å². The Labute approximate surface area is 105 Å². The summed E-state index contributed by atoms with van der Waals surface area (Å²) >= 11 is 9.64. The lowest BCUT2D eigenvalue weighted by atomic mass is 10.1. The Bertz CT molecular complexity index is 470. The minimum absolute atomic E-state index is 0.764. The molecule has 0 spiro atoms. The van der Waals surface area contributed by atoms with Gasteiger partial charge in [-0.25, -0.2) is 4.98 Å². The van der Waals surface area contributed by atoms with Gasteiger partial charge in [0.05, 0.1) is 5.02 Å². The number of hydrogen-bond acceptors (Lipinski definition) is 3. The van der Waals surface area contributed by atoms with E-state index < -0.39 is 0 Å². The van der Waals surface area contributed by atoms with Crippen molar-refractivity contribution in [1.29, 1.82) is 0 Å². The summed E-state index contributed by atoms with van der Waals surface area (Å²) in [5, 5.41) is 1.64. The van der Waals surface area contributed by atoms with Crippen LogP contribution in [-0.2, 0) is 0 Å². The zero-order valence-corrected chi connectivity index (χ0v) is 11.0. The third-order valence-electron chi connectivity index (χ3n) is 1.82. The molecule has 14 heavy (non-hydrogen) atoms. The summed E-state index contributed by atoms with van der Waals surface area (Å²) in [6.45, 7) is 1.98. The molecule has 1 heterocycles. The second kappa shape index (κ2) is 4.12. The van der Waals surface area contributed by atoms with Crippen molar-refractivity contribution in [2.45, 2.75) is 6.92 Å². The molecule has 0 fully saturated rings. The summed E-state index contributed by atoms with van der Waals surface area (Å²) in [5.74, 6) is 0. The van der Waals surface area contributed by atoms with Crippen molar-refractivity contribution in [2.24, 2.45) is 0 Å². The molecule has 0 saturated heterocycles. The third-order valence-corrected chi connectivity index (χ3v) is 3.88. The first-order valence-electron chi connectivity index (χ1n) is 3.93. The fourth-order valence-corrected chi connectivity index (χ4v) is 2.70. The van der Waals surface area contributed by atoms with Crippen LogP contribution in [0.1, 0.15) is 5.56 Å². The fraction of sp³-hybridized carbons (Fsp3) is 0.111. The van der Waals surface area contributed by atoms with Gasteiger partial charge < -0.3 is 0 Å². The molecule has 2 nitrogen and oxygen atoms in total. The van der Waals surface area contributed by atoms with Crippen LogP contribution in [0, 0.1) is 10.8 Å². The van der Waals surface area contributed by atoms with Crippen LogP contribution in [0.5, 0.6) is 0 Å². The molecule has 1 aromatic heterocycles. The second-order valence-electron chi connectivity index (χ2n) is 2.81. The van der Waals surface area contributed by atoms with E-state index in [9.17, 15) is 0 Å². The first kappa shape index (κ1) is 10.3. The van der Waals surface area contributed by atoms with Gasteiger partial charge in [-0.15, -0.1) is 0 Å². The van der Waals surface area contributed by atoms with Crippen molar-refractivity contribution in [3.05, 3.63) is 32.6 Å². The number of hydrogen-bond donors (Lipinski definition) is 0. The van der Waals surface area contributed by atoms with E-state index in [2.05, 4.69) is 31.9 Å². The highest BCUT2D eigenvalue weighted by atomic mass is 127. The Morgan fingerprint density at radius 3 is 2.86 bits per heavy atom. The quantitative estimate of drug-likeness (QED) is 0.741. The molecule has 72 valence electrons. The Balaban J connectivity index is 2.57. The Kier molecular flexibility index (Phi) is 3.04. The lowest BCUT2D eigenvalue weighted by Gasteiger charge is -2.01. The molecule has 0 N–H and O–H groups in total. The molecule has 2 aromatic rings. The lowest BCUT2D eigenvalue weighted by molar-refractivity contribution is 1.25. The van der Waals surface area contributed by atoms with Crippen LogP contribution < -0.4 is 0 Å². The maximum atomic E-state index is 6.17. The molecule has 0 unspecified atom stereocenters. The number of aryl methyl sites for hydroxylation is 1. The number of halogens is 2. The van der Waals surface area contributed by atoms with E-state index in [0.717, 1.165) is 25.0 Å². The first-order chi connectivity index (χ1) is 6.68. The van der Waals surface area contributed by atoms with E-state index in [1.54, 1.807) is 0 Å². The van der Waals surface area contributed by atoms with Crippen LogP contribution in [0.2, 0.25) is 5.02 Å². The van der Waals surface area contributed by atoms with Crippen molar-refractivity contribution in [1.82, 2.24) is 9.36 Å². The molecule has 1 aromatic carbocycles. The molecule has 0 aliphatic carbocycles. The molecule has 0 aliphatic heterocycles. The summed E-state index contributed by atoms with van der Waals surface area (Å²) in [5.41, 5.74) is 2.03. The monoisotopic (exact) mass is 336 g/mol. The molecule has 0 saturated carbocycles. The van der Waals surface area contributed by atoms with Gasteiger partial charge in [0.1, 0.15) is 5.01 Å². The van der Waals surface area contributed by atoms with E-state index in [1.807, 2.05) is 25.1 Å². The second-order valence-corrected chi connectivity index (χ2v) is 4.90. The van der Waals surface area contributed by atoms with Gasteiger partial charge in [0.25, 0.3) is 0 Å². The van der Waals surface area contributed by atoms with E-state index in [0.29, 0.717) is 0 Å². The Morgan fingerprint density at radius 2 is 2.21 bits per heavy atom. The highest BCUT2D eigenvalue weighted by molar-refractivity contribution is 14.1. The summed E-state index contributed by atoms with van der Waals surface area (Å²) in [6.07, 6.45) is 0. The van der Waals surface area contributed by atoms with Gasteiger partial charge in [0.2, 0.25) is 3.83 Å². The predicted octanol–water partition coefficient (Wildman–Crippen LogP) is 3.77. The van der Waals surface area contributed by atoms with Gasteiger partial charge >= 0.3 is 0 Å². The molecular weight excluding hydrogens is 331 g/mol. The van der Waals surface area contributed by atoms with Gasteiger partial charge in [-0.2, -0.15) is 4.37 Å². The highest BCUT2D eigenvalue weighted by Gasteiger charge is 2.09. The van der Waals surface area contributed by atoms with Crippen molar-refractivity contribution in [3.63, 3.8) is 0 Å². The molecule has 0 radical (unpaired) electrons. The van der Waals surface area contributed by atoms with Crippen LogP contribution in [0.15, 0.2) is 18.2 Å². The number of nitrogens with zero attached hydrogens (tertiary/aromatic N) is 2. The molecule has 5 heteroatoms. The predicted molar refractivity (Wildman–Crippen MR) is 67.8 cm³/mol. The zero-order chi connectivity index (χ0) is 10.1. The maximum absolute atomic E-state index is 6.17. The van der Waals surface area contributed by atoms with Crippen molar-refractivity contribution >= 4 is 45.7 Å². The molecule has 0 atom stereocenters. The SMILES string of the molecule is Cc1cccc(-c2nc(I)ns2)c1Cl. The largest absolute Gasteiger partial charge is 0.210 e. The Morgan fingerprint density at radius 1 is 1.43 bits per heavy atom. The number of aromatic nitrogens is 2. The maximum Gasteiger partial charge on any atom is 0.203 e. The van der Waals surface area contributed by atoms with Gasteiger partial charge in [0, 0.05) is 28.2 Å². The molecule has 0 aliphatic rings. The summed E-state index contributed by atoms with van der Waals surface area (Å²) in [6, 6.07) is 5.93. The van der Waals surface area contributed by atoms with Crippen LogP contribution in [-0.4, -0.2) is 9.36 Å². The van der Waals surface area contributed by atoms with E-state index in [-0.39, 0.29) is 0 Å². The molecular formula is C9H6ClIN2S. The average Bonchev–Trinajstić information content (AvgIpc) is 2.57. The van der Waals surface area contributed by atoms with E-state index in [1.165, 1.54) is 11.5 Å². The van der Waals surface area contributed by atoms with Gasteiger partial charge in [-0.05, 0) is 24.0 Å². The molecule has 0 amide bonds. The normalized spacial score (nSPS) is 10.5.